The third kappa shape index (κ3) is 4.09. The van der Waals surface area contributed by atoms with Crippen molar-refractivity contribution in [2.75, 3.05) is 0 Å². The summed E-state index contributed by atoms with van der Waals surface area (Å²) in [6, 6.07) is 2.04. The van der Waals surface area contributed by atoms with Gasteiger partial charge in [-0.2, -0.15) is 13.2 Å². The Morgan fingerprint density at radius 1 is 1.41 bits per heavy atom. The second kappa shape index (κ2) is 5.14. The molecule has 1 aromatic carbocycles. The first kappa shape index (κ1) is 14.1. The minimum absolute atomic E-state index is 0.0934. The van der Waals surface area contributed by atoms with Crippen molar-refractivity contribution in [1.29, 1.82) is 0 Å². The number of benzene rings is 1. The number of rotatable bonds is 3. The molecule has 0 aliphatic rings. The van der Waals surface area contributed by atoms with Crippen LogP contribution in [-0.4, -0.2) is 11.3 Å². The van der Waals surface area contributed by atoms with Crippen LogP contribution in [-0.2, 0) is 0 Å². The maximum absolute atomic E-state index is 12.0. The van der Waals surface area contributed by atoms with Crippen LogP contribution in [0.5, 0.6) is 5.75 Å². The van der Waals surface area contributed by atoms with Crippen molar-refractivity contribution in [1.82, 2.24) is 0 Å². The molecule has 0 aliphatic heterocycles. The number of phenolic OH excluding ortho intramolecular Hbond substituents is 1. The fourth-order valence-electron chi connectivity index (χ4n) is 1.52. The topological polar surface area (TPSA) is 46.2 Å². The molecule has 0 fully saturated rings. The van der Waals surface area contributed by atoms with Crippen molar-refractivity contribution < 1.29 is 18.3 Å². The van der Waals surface area contributed by atoms with E-state index in [4.69, 9.17) is 17.3 Å². The monoisotopic (exact) mass is 267 g/mol. The van der Waals surface area contributed by atoms with Crippen molar-refractivity contribution in [2.24, 2.45) is 5.73 Å². The highest BCUT2D eigenvalue weighted by atomic mass is 35.5. The summed E-state index contributed by atoms with van der Waals surface area (Å²) in [5, 5.41) is 10.0. The molecule has 0 saturated carbocycles. The van der Waals surface area contributed by atoms with E-state index in [0.29, 0.717) is 10.6 Å². The van der Waals surface area contributed by atoms with E-state index in [1.807, 2.05) is 0 Å². The minimum Gasteiger partial charge on any atom is -0.507 e. The highest BCUT2D eigenvalue weighted by molar-refractivity contribution is 6.30. The van der Waals surface area contributed by atoms with Crippen molar-refractivity contribution >= 4 is 11.6 Å². The van der Waals surface area contributed by atoms with Gasteiger partial charge in [-0.05, 0) is 31.0 Å². The molecule has 1 rings (SSSR count). The van der Waals surface area contributed by atoms with Crippen molar-refractivity contribution in [2.45, 2.75) is 32.0 Å². The molecule has 0 heterocycles. The first-order valence-corrected chi connectivity index (χ1v) is 5.40. The largest absolute Gasteiger partial charge is 0.507 e. The van der Waals surface area contributed by atoms with Crippen LogP contribution in [0.15, 0.2) is 12.1 Å². The van der Waals surface area contributed by atoms with Gasteiger partial charge < -0.3 is 10.8 Å². The number of hydrogen-bond donors (Lipinski definition) is 2. The number of aryl methyl sites for hydroxylation is 1. The molecule has 0 spiro atoms. The molecule has 3 N–H and O–H groups in total. The highest BCUT2D eigenvalue weighted by Crippen LogP contribution is 2.34. The van der Waals surface area contributed by atoms with Gasteiger partial charge in [0.15, 0.2) is 0 Å². The van der Waals surface area contributed by atoms with E-state index in [2.05, 4.69) is 0 Å². The fourth-order valence-corrected chi connectivity index (χ4v) is 1.80. The van der Waals surface area contributed by atoms with E-state index in [-0.39, 0.29) is 17.7 Å². The normalized spacial score (nSPS) is 13.8. The number of aromatic hydroxyl groups is 1. The van der Waals surface area contributed by atoms with Gasteiger partial charge in [-0.3, -0.25) is 0 Å². The molecule has 0 aliphatic carbocycles. The summed E-state index contributed by atoms with van der Waals surface area (Å²) in [5.41, 5.74) is 6.37. The van der Waals surface area contributed by atoms with Crippen LogP contribution in [0.2, 0.25) is 5.02 Å². The van der Waals surface area contributed by atoms with E-state index < -0.39 is 18.6 Å². The number of hydrogen-bond acceptors (Lipinski definition) is 2. The van der Waals surface area contributed by atoms with E-state index in [1.54, 1.807) is 6.92 Å². The minimum atomic E-state index is -4.25. The molecule has 6 heteroatoms. The number of nitrogens with two attached hydrogens (primary N) is 1. The summed E-state index contributed by atoms with van der Waals surface area (Å²) >= 11 is 5.77. The van der Waals surface area contributed by atoms with Crippen LogP contribution in [0.1, 0.15) is 30.0 Å². The van der Waals surface area contributed by atoms with Gasteiger partial charge in [0.25, 0.3) is 0 Å². The lowest BCUT2D eigenvalue weighted by molar-refractivity contribution is -0.136. The molecule has 0 saturated heterocycles. The lowest BCUT2D eigenvalue weighted by atomic mass is 9.99. The van der Waals surface area contributed by atoms with Gasteiger partial charge in [-0.15, -0.1) is 0 Å². The van der Waals surface area contributed by atoms with E-state index in [0.717, 1.165) is 0 Å². The van der Waals surface area contributed by atoms with Crippen molar-refractivity contribution in [3.63, 3.8) is 0 Å². The Hall–Kier alpha value is -0.940. The van der Waals surface area contributed by atoms with Gasteiger partial charge in [0.05, 0.1) is 0 Å². The Bertz CT molecular complexity index is 406. The summed E-state index contributed by atoms with van der Waals surface area (Å²) in [7, 11) is 0. The van der Waals surface area contributed by atoms with Gasteiger partial charge in [0, 0.05) is 23.0 Å². The molecule has 1 aromatic rings. The second-order valence-electron chi connectivity index (χ2n) is 3.92. The number of phenols is 1. The molecule has 1 atom stereocenters. The molecule has 96 valence electrons. The smallest absolute Gasteiger partial charge is 0.389 e. The molecule has 0 radical (unpaired) electrons. The second-order valence-corrected chi connectivity index (χ2v) is 4.36. The van der Waals surface area contributed by atoms with E-state index >= 15 is 0 Å². The lowest BCUT2D eigenvalue weighted by Gasteiger charge is -2.16. The summed E-state index contributed by atoms with van der Waals surface area (Å²) in [4.78, 5) is 0. The van der Waals surface area contributed by atoms with E-state index in [1.165, 1.54) is 12.1 Å². The maximum Gasteiger partial charge on any atom is 0.389 e. The summed E-state index contributed by atoms with van der Waals surface area (Å²) in [6.07, 6.45) is -5.52. The average Bonchev–Trinajstić information content (AvgIpc) is 2.19. The zero-order valence-corrected chi connectivity index (χ0v) is 9.94. The molecule has 17 heavy (non-hydrogen) atoms. The van der Waals surface area contributed by atoms with Crippen LogP contribution in [0.25, 0.3) is 0 Å². The Morgan fingerprint density at radius 2 is 2.00 bits per heavy atom. The zero-order chi connectivity index (χ0) is 13.2. The van der Waals surface area contributed by atoms with Gasteiger partial charge in [-0.1, -0.05) is 11.6 Å². The van der Waals surface area contributed by atoms with Gasteiger partial charge >= 0.3 is 6.18 Å². The Labute approximate surface area is 102 Å². The fraction of sp³-hybridized carbons (Fsp3) is 0.455. The van der Waals surface area contributed by atoms with Crippen molar-refractivity contribution in [3.8, 4) is 5.75 Å². The van der Waals surface area contributed by atoms with Crippen LogP contribution in [0.4, 0.5) is 13.2 Å². The van der Waals surface area contributed by atoms with Gasteiger partial charge in [0.1, 0.15) is 5.75 Å². The summed E-state index contributed by atoms with van der Waals surface area (Å²) in [6.45, 7) is 1.61. The quantitative estimate of drug-likeness (QED) is 0.877. The third-order valence-electron chi connectivity index (χ3n) is 2.43. The van der Waals surface area contributed by atoms with Gasteiger partial charge in [-0.25, -0.2) is 0 Å². The highest BCUT2D eigenvalue weighted by Gasteiger charge is 2.28. The number of halogens is 4. The lowest BCUT2D eigenvalue weighted by Crippen LogP contribution is -2.16. The summed E-state index contributed by atoms with van der Waals surface area (Å²) in [5.74, 6) is -0.0934. The van der Waals surface area contributed by atoms with E-state index in [9.17, 15) is 18.3 Å². The van der Waals surface area contributed by atoms with Crippen LogP contribution < -0.4 is 5.73 Å². The third-order valence-corrected chi connectivity index (χ3v) is 2.65. The SMILES string of the molecule is Cc1cc(Cl)cc([C@H](N)CCC(F)(F)F)c1O. The Balaban J connectivity index is 2.85. The number of alkyl halides is 3. The molecular weight excluding hydrogens is 255 g/mol. The van der Waals surface area contributed by atoms with Crippen molar-refractivity contribution in [3.05, 3.63) is 28.3 Å². The maximum atomic E-state index is 12.0. The zero-order valence-electron chi connectivity index (χ0n) is 9.18. The van der Waals surface area contributed by atoms with Gasteiger partial charge in [0.2, 0.25) is 0 Å². The predicted octanol–water partition coefficient (Wildman–Crippen LogP) is 3.70. The molecule has 0 amide bonds. The Kier molecular flexibility index (Phi) is 4.27. The summed E-state index contributed by atoms with van der Waals surface area (Å²) < 4.78 is 36.1. The van der Waals surface area contributed by atoms with Crippen LogP contribution >= 0.6 is 11.6 Å². The van der Waals surface area contributed by atoms with Crippen LogP contribution in [0.3, 0.4) is 0 Å². The average molecular weight is 268 g/mol. The van der Waals surface area contributed by atoms with Crippen LogP contribution in [0, 0.1) is 6.92 Å². The molecule has 0 aromatic heterocycles. The first-order chi connectivity index (χ1) is 7.70. The predicted molar refractivity (Wildman–Crippen MR) is 60.1 cm³/mol. The Morgan fingerprint density at radius 3 is 2.53 bits per heavy atom. The molecule has 0 bridgehead atoms. The molecule has 2 nitrogen and oxygen atoms in total. The first-order valence-electron chi connectivity index (χ1n) is 5.02. The standard InChI is InChI=1S/C11H13ClF3NO/c1-6-4-7(12)5-8(10(6)17)9(16)2-3-11(13,14)15/h4-5,9,17H,2-3,16H2,1H3/t9-/m1/s1. The molecule has 0 unspecified atom stereocenters. The molecular formula is C11H13ClF3NO.